The SMILES string of the molecule is C=CCc1cc(/C=C2\SC(=O)N(C)C2=O)cc(OCC)c1OCc1ccc([N+](=O)[O-])cc1. The minimum atomic E-state index is -0.452. The monoisotopic (exact) mass is 454 g/mol. The van der Waals surface area contributed by atoms with E-state index in [1.165, 1.54) is 19.2 Å². The fourth-order valence-electron chi connectivity index (χ4n) is 3.07. The van der Waals surface area contributed by atoms with Crippen molar-refractivity contribution < 1.29 is 24.0 Å². The van der Waals surface area contributed by atoms with Crippen molar-refractivity contribution in [3.8, 4) is 11.5 Å². The number of hydrogen-bond acceptors (Lipinski definition) is 7. The minimum Gasteiger partial charge on any atom is -0.490 e. The molecule has 2 aromatic rings. The number of amides is 2. The molecule has 0 radical (unpaired) electrons. The summed E-state index contributed by atoms with van der Waals surface area (Å²) in [5, 5.41) is 10.5. The van der Waals surface area contributed by atoms with Gasteiger partial charge in [-0.3, -0.25) is 24.6 Å². The lowest BCUT2D eigenvalue weighted by molar-refractivity contribution is -0.384. The quantitative estimate of drug-likeness (QED) is 0.228. The number of allylic oxidation sites excluding steroid dienone is 1. The minimum absolute atomic E-state index is 0.0111. The maximum atomic E-state index is 12.2. The maximum absolute atomic E-state index is 12.2. The van der Waals surface area contributed by atoms with E-state index >= 15 is 0 Å². The largest absolute Gasteiger partial charge is 0.490 e. The molecule has 3 rings (SSSR count). The van der Waals surface area contributed by atoms with Gasteiger partial charge >= 0.3 is 0 Å². The molecule has 0 atom stereocenters. The highest BCUT2D eigenvalue weighted by molar-refractivity contribution is 8.18. The Balaban J connectivity index is 1.92. The van der Waals surface area contributed by atoms with E-state index in [2.05, 4.69) is 6.58 Å². The van der Waals surface area contributed by atoms with E-state index in [0.29, 0.717) is 35.0 Å². The van der Waals surface area contributed by atoms with Gasteiger partial charge in [0.25, 0.3) is 16.8 Å². The van der Waals surface area contributed by atoms with Gasteiger partial charge in [0, 0.05) is 24.7 Å². The Kier molecular flexibility index (Phi) is 7.32. The standard InChI is InChI=1S/C23H22N2O6S/c1-4-6-17-11-16(13-20-22(26)24(3)23(27)32-20)12-19(30-5-2)21(17)31-14-15-7-9-18(10-8-15)25(28)29/h4,7-13H,1,5-6,14H2,2-3H3/b20-13-. The number of thioether (sulfide) groups is 1. The predicted octanol–water partition coefficient (Wildman–Crippen LogP) is 4.97. The lowest BCUT2D eigenvalue weighted by Gasteiger charge is -2.17. The van der Waals surface area contributed by atoms with Crippen molar-refractivity contribution in [3.05, 3.63) is 80.8 Å². The van der Waals surface area contributed by atoms with Crippen molar-refractivity contribution in [2.45, 2.75) is 20.0 Å². The van der Waals surface area contributed by atoms with Gasteiger partial charge in [-0.2, -0.15) is 0 Å². The van der Waals surface area contributed by atoms with E-state index in [1.54, 1.807) is 30.4 Å². The third-order valence-electron chi connectivity index (χ3n) is 4.63. The maximum Gasteiger partial charge on any atom is 0.293 e. The fraction of sp³-hybridized carbons (Fsp3) is 0.217. The van der Waals surface area contributed by atoms with Gasteiger partial charge < -0.3 is 9.47 Å². The molecule has 1 saturated heterocycles. The average molecular weight is 455 g/mol. The number of benzene rings is 2. The number of nitro groups is 1. The molecule has 32 heavy (non-hydrogen) atoms. The van der Waals surface area contributed by atoms with Crippen LogP contribution in [0.15, 0.2) is 54.0 Å². The van der Waals surface area contributed by atoms with Gasteiger partial charge in [0.2, 0.25) is 0 Å². The van der Waals surface area contributed by atoms with Gasteiger partial charge in [0.15, 0.2) is 11.5 Å². The van der Waals surface area contributed by atoms with Crippen LogP contribution in [-0.4, -0.2) is 34.6 Å². The third-order valence-corrected chi connectivity index (χ3v) is 5.59. The Hall–Kier alpha value is -3.59. The smallest absolute Gasteiger partial charge is 0.293 e. The Morgan fingerprint density at radius 2 is 1.91 bits per heavy atom. The van der Waals surface area contributed by atoms with Crippen molar-refractivity contribution in [3.63, 3.8) is 0 Å². The number of carbonyl (C=O) groups excluding carboxylic acids is 2. The van der Waals surface area contributed by atoms with E-state index in [0.717, 1.165) is 27.8 Å². The second-order valence-corrected chi connectivity index (χ2v) is 7.88. The molecule has 0 saturated carbocycles. The number of non-ortho nitro benzene ring substituents is 1. The molecule has 2 amide bonds. The first kappa shape index (κ1) is 23.1. The predicted molar refractivity (Wildman–Crippen MR) is 123 cm³/mol. The molecule has 0 spiro atoms. The molecule has 0 N–H and O–H groups in total. The van der Waals surface area contributed by atoms with Gasteiger partial charge in [-0.1, -0.05) is 6.08 Å². The zero-order valence-corrected chi connectivity index (χ0v) is 18.5. The molecule has 1 heterocycles. The van der Waals surface area contributed by atoms with Gasteiger partial charge in [0.05, 0.1) is 16.4 Å². The van der Waals surface area contributed by atoms with Crippen LogP contribution in [0.4, 0.5) is 10.5 Å². The molecule has 0 aliphatic carbocycles. The summed E-state index contributed by atoms with van der Waals surface area (Å²) >= 11 is 0.888. The third kappa shape index (κ3) is 5.17. The molecule has 8 nitrogen and oxygen atoms in total. The lowest BCUT2D eigenvalue weighted by Crippen LogP contribution is -2.22. The van der Waals surface area contributed by atoms with Crippen molar-refractivity contribution >= 4 is 34.7 Å². The average Bonchev–Trinajstić information content (AvgIpc) is 3.00. The summed E-state index contributed by atoms with van der Waals surface area (Å²) in [6.07, 6.45) is 3.88. The second-order valence-electron chi connectivity index (χ2n) is 6.89. The fourth-order valence-corrected chi connectivity index (χ4v) is 3.89. The molecule has 0 bridgehead atoms. The van der Waals surface area contributed by atoms with Crippen LogP contribution in [0.2, 0.25) is 0 Å². The van der Waals surface area contributed by atoms with Gasteiger partial charge in [-0.15, -0.1) is 6.58 Å². The summed E-state index contributed by atoms with van der Waals surface area (Å²) in [6, 6.07) is 9.75. The summed E-state index contributed by atoms with van der Waals surface area (Å²) in [7, 11) is 1.45. The number of rotatable bonds is 9. The molecule has 1 aliphatic rings. The lowest BCUT2D eigenvalue weighted by atomic mass is 10.0. The molecule has 1 aliphatic heterocycles. The Morgan fingerprint density at radius 3 is 2.47 bits per heavy atom. The summed E-state index contributed by atoms with van der Waals surface area (Å²) < 4.78 is 11.8. The summed E-state index contributed by atoms with van der Waals surface area (Å²) in [6.45, 7) is 6.24. The van der Waals surface area contributed by atoms with Gasteiger partial charge in [-0.25, -0.2) is 0 Å². The van der Waals surface area contributed by atoms with Crippen molar-refractivity contribution in [1.29, 1.82) is 0 Å². The van der Waals surface area contributed by atoms with Crippen molar-refractivity contribution in [1.82, 2.24) is 4.90 Å². The first-order valence-corrected chi connectivity index (χ1v) is 10.6. The molecule has 0 aromatic heterocycles. The number of nitro benzene ring substituents is 1. The Morgan fingerprint density at radius 1 is 1.19 bits per heavy atom. The first-order chi connectivity index (χ1) is 15.3. The van der Waals surface area contributed by atoms with E-state index < -0.39 is 4.92 Å². The number of imide groups is 1. The number of nitrogens with zero attached hydrogens (tertiary/aromatic N) is 2. The molecule has 2 aromatic carbocycles. The zero-order chi connectivity index (χ0) is 23.3. The van der Waals surface area contributed by atoms with E-state index in [1.807, 2.05) is 13.0 Å². The van der Waals surface area contributed by atoms with Crippen LogP contribution in [0.25, 0.3) is 6.08 Å². The summed E-state index contributed by atoms with van der Waals surface area (Å²) in [5.41, 5.74) is 2.28. The first-order valence-electron chi connectivity index (χ1n) is 9.82. The Bertz CT molecular complexity index is 1090. The Labute approximate surface area is 189 Å². The van der Waals surface area contributed by atoms with Crippen molar-refractivity contribution in [2.75, 3.05) is 13.7 Å². The van der Waals surface area contributed by atoms with Crippen molar-refractivity contribution in [2.24, 2.45) is 0 Å². The van der Waals surface area contributed by atoms with Crippen LogP contribution >= 0.6 is 11.8 Å². The van der Waals surface area contributed by atoms with Crippen LogP contribution in [0, 0.1) is 10.1 Å². The zero-order valence-electron chi connectivity index (χ0n) is 17.7. The highest BCUT2D eigenvalue weighted by atomic mass is 32.2. The topological polar surface area (TPSA) is 99.0 Å². The molecular formula is C23H22N2O6S. The molecule has 0 unspecified atom stereocenters. The van der Waals surface area contributed by atoms with Crippen LogP contribution < -0.4 is 9.47 Å². The van der Waals surface area contributed by atoms with Gasteiger partial charge in [0.1, 0.15) is 6.61 Å². The molecule has 166 valence electrons. The number of likely N-dealkylation sites (N-methyl/N-ethyl adjacent to an activating group) is 1. The normalized spacial score (nSPS) is 14.7. The number of carbonyl (C=O) groups is 2. The molecule has 9 heteroatoms. The highest BCUT2D eigenvalue weighted by Crippen LogP contribution is 2.37. The van der Waals surface area contributed by atoms with Crippen LogP contribution in [0.5, 0.6) is 11.5 Å². The summed E-state index contributed by atoms with van der Waals surface area (Å²) in [5.74, 6) is 0.684. The van der Waals surface area contributed by atoms with Crippen LogP contribution in [0.1, 0.15) is 23.6 Å². The van der Waals surface area contributed by atoms with E-state index in [9.17, 15) is 19.7 Å². The number of ether oxygens (including phenoxy) is 2. The summed E-state index contributed by atoms with van der Waals surface area (Å²) in [4.78, 5) is 35.8. The van der Waals surface area contributed by atoms with Crippen LogP contribution in [-0.2, 0) is 17.8 Å². The van der Waals surface area contributed by atoms with Gasteiger partial charge in [-0.05, 0) is 66.6 Å². The second kappa shape index (κ2) is 10.1. The van der Waals surface area contributed by atoms with Crippen LogP contribution in [0.3, 0.4) is 0 Å². The van der Waals surface area contributed by atoms with E-state index in [4.69, 9.17) is 9.47 Å². The molecular weight excluding hydrogens is 432 g/mol. The molecule has 1 fully saturated rings. The van der Waals surface area contributed by atoms with E-state index in [-0.39, 0.29) is 23.4 Å². The highest BCUT2D eigenvalue weighted by Gasteiger charge is 2.31. The number of hydrogen-bond donors (Lipinski definition) is 0.